The smallest absolute Gasteiger partial charge is 0.452 e. The van der Waals surface area contributed by atoms with E-state index in [1.54, 1.807) is 6.08 Å². The van der Waals surface area contributed by atoms with Crippen molar-refractivity contribution in [3.63, 3.8) is 0 Å². The molecule has 2 rings (SSSR count). The SMILES string of the molecule is CC1CCC(CCC2CC=C(OC(O)C(F)(F)F)CC2)CC1. The van der Waals surface area contributed by atoms with Crippen LogP contribution in [0.25, 0.3) is 0 Å². The largest absolute Gasteiger partial charge is 0.460 e. The Balaban J connectivity index is 1.68. The second kappa shape index (κ2) is 7.71. The number of halogens is 3. The van der Waals surface area contributed by atoms with Crippen LogP contribution in [0.5, 0.6) is 0 Å². The molecule has 0 heterocycles. The van der Waals surface area contributed by atoms with Gasteiger partial charge in [-0.1, -0.05) is 39.0 Å². The number of allylic oxidation sites excluding steroid dienone is 2. The standard InChI is InChI=1S/C17H27F3O2/c1-12-2-4-13(5-3-12)6-7-14-8-10-15(11-9-14)22-16(21)17(18,19)20/h10,12-14,16,21H,2-9,11H2,1H3. The molecule has 1 fully saturated rings. The molecule has 0 amide bonds. The van der Waals surface area contributed by atoms with Crippen LogP contribution < -0.4 is 0 Å². The molecule has 2 nitrogen and oxygen atoms in total. The van der Waals surface area contributed by atoms with E-state index < -0.39 is 12.5 Å². The van der Waals surface area contributed by atoms with Gasteiger partial charge in [0.25, 0.3) is 6.29 Å². The first-order valence-electron chi connectivity index (χ1n) is 8.45. The number of hydrogen-bond acceptors (Lipinski definition) is 2. The van der Waals surface area contributed by atoms with E-state index in [1.165, 1.54) is 32.1 Å². The van der Waals surface area contributed by atoms with Crippen LogP contribution in [0.1, 0.15) is 64.7 Å². The first-order chi connectivity index (χ1) is 10.3. The minimum Gasteiger partial charge on any atom is -0.460 e. The predicted molar refractivity (Wildman–Crippen MR) is 78.9 cm³/mol. The third-order valence-electron chi connectivity index (χ3n) is 5.14. The monoisotopic (exact) mass is 320 g/mol. The molecule has 2 aliphatic carbocycles. The van der Waals surface area contributed by atoms with Crippen LogP contribution in [0.15, 0.2) is 11.8 Å². The van der Waals surface area contributed by atoms with Gasteiger partial charge in [0.1, 0.15) is 0 Å². The van der Waals surface area contributed by atoms with Crippen LogP contribution in [0.3, 0.4) is 0 Å². The number of aliphatic hydroxyl groups excluding tert-OH is 1. The molecule has 0 saturated heterocycles. The topological polar surface area (TPSA) is 29.5 Å². The van der Waals surface area contributed by atoms with Crippen LogP contribution in [0, 0.1) is 17.8 Å². The van der Waals surface area contributed by atoms with Crippen LogP contribution in [0.4, 0.5) is 13.2 Å². The maximum Gasteiger partial charge on any atom is 0.452 e. The average Bonchev–Trinajstić information content (AvgIpc) is 2.47. The van der Waals surface area contributed by atoms with Gasteiger partial charge in [-0.15, -0.1) is 0 Å². The molecular weight excluding hydrogens is 293 g/mol. The number of hydrogen-bond donors (Lipinski definition) is 1. The molecule has 0 aromatic carbocycles. The highest BCUT2D eigenvalue weighted by molar-refractivity contribution is 4.99. The third kappa shape index (κ3) is 5.49. The molecule has 1 saturated carbocycles. The lowest BCUT2D eigenvalue weighted by atomic mass is 9.78. The highest BCUT2D eigenvalue weighted by Crippen LogP contribution is 2.35. The predicted octanol–water partition coefficient (Wildman–Crippen LogP) is 5.17. The van der Waals surface area contributed by atoms with Crippen LogP contribution in [0.2, 0.25) is 0 Å². The molecule has 0 spiro atoms. The van der Waals surface area contributed by atoms with E-state index in [9.17, 15) is 13.2 Å². The quantitative estimate of drug-likeness (QED) is 0.708. The van der Waals surface area contributed by atoms with Crippen molar-refractivity contribution in [2.24, 2.45) is 17.8 Å². The van der Waals surface area contributed by atoms with E-state index in [0.29, 0.717) is 12.3 Å². The third-order valence-corrected chi connectivity index (χ3v) is 5.14. The second-order valence-electron chi connectivity index (χ2n) is 7.03. The van der Waals surface area contributed by atoms with E-state index in [0.717, 1.165) is 31.1 Å². The molecule has 22 heavy (non-hydrogen) atoms. The molecule has 2 unspecified atom stereocenters. The number of ether oxygens (including phenoxy) is 1. The lowest BCUT2D eigenvalue weighted by molar-refractivity contribution is -0.282. The maximum absolute atomic E-state index is 12.2. The van der Waals surface area contributed by atoms with Gasteiger partial charge >= 0.3 is 6.18 Å². The van der Waals surface area contributed by atoms with Crippen molar-refractivity contribution in [2.45, 2.75) is 77.2 Å². The first kappa shape index (κ1) is 17.6. The Morgan fingerprint density at radius 1 is 1.14 bits per heavy atom. The Morgan fingerprint density at radius 3 is 2.32 bits per heavy atom. The second-order valence-corrected chi connectivity index (χ2v) is 7.03. The molecule has 5 heteroatoms. The van der Waals surface area contributed by atoms with Crippen LogP contribution in [-0.2, 0) is 4.74 Å². The number of aliphatic hydroxyl groups is 1. The normalized spacial score (nSPS) is 31.5. The fourth-order valence-corrected chi connectivity index (χ4v) is 3.53. The summed E-state index contributed by atoms with van der Waals surface area (Å²) in [5, 5.41) is 8.91. The van der Waals surface area contributed by atoms with Crippen molar-refractivity contribution in [3.8, 4) is 0 Å². The molecule has 0 radical (unpaired) electrons. The zero-order valence-corrected chi connectivity index (χ0v) is 13.2. The summed E-state index contributed by atoms with van der Waals surface area (Å²) in [4.78, 5) is 0. The van der Waals surface area contributed by atoms with Crippen molar-refractivity contribution in [1.29, 1.82) is 0 Å². The minimum absolute atomic E-state index is 0.285. The van der Waals surface area contributed by atoms with Gasteiger partial charge in [-0.25, -0.2) is 0 Å². The summed E-state index contributed by atoms with van der Waals surface area (Å²) in [5.74, 6) is 2.54. The van der Waals surface area contributed by atoms with Crippen molar-refractivity contribution in [1.82, 2.24) is 0 Å². The summed E-state index contributed by atoms with van der Waals surface area (Å²) in [5.41, 5.74) is 0. The summed E-state index contributed by atoms with van der Waals surface area (Å²) in [6.07, 6.45) is 4.18. The van der Waals surface area contributed by atoms with E-state index in [1.807, 2.05) is 0 Å². The summed E-state index contributed by atoms with van der Waals surface area (Å²) in [7, 11) is 0. The van der Waals surface area contributed by atoms with E-state index >= 15 is 0 Å². The summed E-state index contributed by atoms with van der Waals surface area (Å²) >= 11 is 0. The molecule has 2 aliphatic rings. The summed E-state index contributed by atoms with van der Waals surface area (Å²) in [6, 6.07) is 0. The Bertz CT molecular complexity index is 371. The lowest BCUT2D eigenvalue weighted by Gasteiger charge is -2.29. The maximum atomic E-state index is 12.2. The fraction of sp³-hybridized carbons (Fsp3) is 0.882. The molecule has 0 aromatic heterocycles. The van der Waals surface area contributed by atoms with Gasteiger partial charge in [-0.3, -0.25) is 0 Å². The van der Waals surface area contributed by atoms with Crippen molar-refractivity contribution in [2.75, 3.05) is 0 Å². The van der Waals surface area contributed by atoms with Crippen molar-refractivity contribution in [3.05, 3.63) is 11.8 Å². The van der Waals surface area contributed by atoms with Gasteiger partial charge in [0.05, 0.1) is 5.76 Å². The number of alkyl halides is 3. The highest BCUT2D eigenvalue weighted by Gasteiger charge is 2.41. The molecule has 1 N–H and O–H groups in total. The fourth-order valence-electron chi connectivity index (χ4n) is 3.53. The van der Waals surface area contributed by atoms with Crippen molar-refractivity contribution >= 4 is 0 Å². The summed E-state index contributed by atoms with van der Waals surface area (Å²) < 4.78 is 41.3. The zero-order valence-electron chi connectivity index (χ0n) is 13.2. The molecule has 0 aliphatic heterocycles. The molecule has 128 valence electrons. The summed E-state index contributed by atoms with van der Waals surface area (Å²) in [6.45, 7) is 2.32. The Kier molecular flexibility index (Phi) is 6.18. The average molecular weight is 320 g/mol. The Labute approximate surface area is 130 Å². The Morgan fingerprint density at radius 2 is 1.77 bits per heavy atom. The molecule has 2 atom stereocenters. The molecular formula is C17H27F3O2. The van der Waals surface area contributed by atoms with E-state index in [-0.39, 0.29) is 5.76 Å². The Hall–Kier alpha value is -0.710. The van der Waals surface area contributed by atoms with E-state index in [4.69, 9.17) is 5.11 Å². The van der Waals surface area contributed by atoms with Crippen molar-refractivity contribution < 1.29 is 23.0 Å². The van der Waals surface area contributed by atoms with Gasteiger partial charge in [0.15, 0.2) is 0 Å². The lowest BCUT2D eigenvalue weighted by Crippen LogP contribution is -2.31. The van der Waals surface area contributed by atoms with Gasteiger partial charge in [0.2, 0.25) is 0 Å². The van der Waals surface area contributed by atoms with Gasteiger partial charge in [-0.2, -0.15) is 13.2 Å². The van der Waals surface area contributed by atoms with Gasteiger partial charge in [0, 0.05) is 6.42 Å². The van der Waals surface area contributed by atoms with Crippen LogP contribution >= 0.6 is 0 Å². The van der Waals surface area contributed by atoms with Crippen LogP contribution in [-0.4, -0.2) is 17.6 Å². The first-order valence-corrected chi connectivity index (χ1v) is 8.45. The molecule has 0 bridgehead atoms. The number of rotatable bonds is 5. The van der Waals surface area contributed by atoms with E-state index in [2.05, 4.69) is 11.7 Å². The molecule has 0 aromatic rings. The van der Waals surface area contributed by atoms with Gasteiger partial charge in [-0.05, 0) is 43.1 Å². The zero-order chi connectivity index (χ0) is 16.2. The van der Waals surface area contributed by atoms with Gasteiger partial charge < -0.3 is 9.84 Å². The highest BCUT2D eigenvalue weighted by atomic mass is 19.4. The minimum atomic E-state index is -4.71.